The van der Waals surface area contributed by atoms with E-state index in [9.17, 15) is 4.79 Å². The van der Waals surface area contributed by atoms with E-state index in [1.807, 2.05) is 59.5 Å². The molecule has 1 aliphatic rings. The molecule has 4 heteroatoms. The second kappa shape index (κ2) is 8.04. The predicted octanol–water partition coefficient (Wildman–Crippen LogP) is 3.89. The first kappa shape index (κ1) is 17.3. The zero-order chi connectivity index (χ0) is 18.5. The summed E-state index contributed by atoms with van der Waals surface area (Å²) in [6.07, 6.45) is 2.20. The van der Waals surface area contributed by atoms with Gasteiger partial charge in [-0.25, -0.2) is 4.98 Å². The summed E-state index contributed by atoms with van der Waals surface area (Å²) in [6, 6.07) is 26.1. The summed E-state index contributed by atoms with van der Waals surface area (Å²) in [5.41, 5.74) is 2.33. The van der Waals surface area contributed by atoms with Crippen molar-refractivity contribution >= 4 is 5.91 Å². The van der Waals surface area contributed by atoms with Crippen LogP contribution in [0.15, 0.2) is 85.1 Å². The summed E-state index contributed by atoms with van der Waals surface area (Å²) in [5, 5.41) is 0. The Morgan fingerprint density at radius 3 is 2.07 bits per heavy atom. The largest absolute Gasteiger partial charge is 0.471 e. The number of amides is 1. The molecule has 0 radical (unpaired) electrons. The quantitative estimate of drug-likeness (QED) is 0.671. The van der Waals surface area contributed by atoms with Gasteiger partial charge in [0.15, 0.2) is 0 Å². The minimum absolute atomic E-state index is 0.0238. The molecule has 0 aliphatic carbocycles. The average Bonchev–Trinajstić information content (AvgIpc) is 2.70. The number of ether oxygens (including phenoxy) is 1. The van der Waals surface area contributed by atoms with E-state index in [-0.39, 0.29) is 17.9 Å². The topological polar surface area (TPSA) is 42.4 Å². The Morgan fingerprint density at radius 1 is 0.926 bits per heavy atom. The maximum Gasteiger partial charge on any atom is 0.223 e. The van der Waals surface area contributed by atoms with Crippen molar-refractivity contribution in [2.75, 3.05) is 13.1 Å². The lowest BCUT2D eigenvalue weighted by Crippen LogP contribution is -2.56. The van der Waals surface area contributed by atoms with E-state index in [2.05, 4.69) is 29.2 Å². The number of aromatic nitrogens is 1. The number of hydrogen-bond donors (Lipinski definition) is 0. The molecule has 1 saturated heterocycles. The standard InChI is InChI=1S/C23H22N2O2/c26-23(25-16-20(17-25)27-22-13-7-8-14-24-22)15-21(18-9-3-1-4-10-18)19-11-5-2-6-12-19/h1-14,20-21H,15-17H2. The van der Waals surface area contributed by atoms with Crippen LogP contribution >= 0.6 is 0 Å². The van der Waals surface area contributed by atoms with Crippen LogP contribution in [0.5, 0.6) is 5.88 Å². The molecule has 1 aliphatic heterocycles. The smallest absolute Gasteiger partial charge is 0.223 e. The fourth-order valence-corrected chi connectivity index (χ4v) is 3.41. The Bertz CT molecular complexity index is 823. The molecular weight excluding hydrogens is 336 g/mol. The second-order valence-electron chi connectivity index (χ2n) is 6.78. The Labute approximate surface area is 159 Å². The van der Waals surface area contributed by atoms with Crippen LogP contribution in [-0.2, 0) is 4.79 Å². The molecule has 2 heterocycles. The molecule has 2 aromatic carbocycles. The maximum atomic E-state index is 12.8. The van der Waals surface area contributed by atoms with Gasteiger partial charge in [0.05, 0.1) is 13.1 Å². The van der Waals surface area contributed by atoms with Gasteiger partial charge in [0.1, 0.15) is 6.10 Å². The minimum Gasteiger partial charge on any atom is -0.471 e. The Hall–Kier alpha value is -3.14. The Balaban J connectivity index is 1.40. The fraction of sp³-hybridized carbons (Fsp3) is 0.217. The Morgan fingerprint density at radius 2 is 1.52 bits per heavy atom. The number of benzene rings is 2. The normalized spacial score (nSPS) is 14.0. The van der Waals surface area contributed by atoms with Crippen molar-refractivity contribution in [1.82, 2.24) is 9.88 Å². The molecule has 0 N–H and O–H groups in total. The number of carbonyl (C=O) groups is 1. The van der Waals surface area contributed by atoms with Crippen LogP contribution in [0, 0.1) is 0 Å². The number of carbonyl (C=O) groups excluding carboxylic acids is 1. The van der Waals surface area contributed by atoms with E-state index in [1.165, 1.54) is 11.1 Å². The third kappa shape index (κ3) is 4.17. The van der Waals surface area contributed by atoms with Crippen molar-refractivity contribution in [2.24, 2.45) is 0 Å². The first-order valence-electron chi connectivity index (χ1n) is 9.25. The molecule has 0 bridgehead atoms. The highest BCUT2D eigenvalue weighted by Crippen LogP contribution is 2.29. The summed E-state index contributed by atoms with van der Waals surface area (Å²) in [6.45, 7) is 1.23. The fourth-order valence-electron chi connectivity index (χ4n) is 3.41. The first-order valence-corrected chi connectivity index (χ1v) is 9.25. The average molecular weight is 358 g/mol. The number of hydrogen-bond acceptors (Lipinski definition) is 3. The molecule has 0 spiro atoms. The molecule has 136 valence electrons. The number of likely N-dealkylation sites (tertiary alicyclic amines) is 1. The van der Waals surface area contributed by atoms with Crippen LogP contribution in [0.1, 0.15) is 23.5 Å². The van der Waals surface area contributed by atoms with Crippen molar-refractivity contribution < 1.29 is 9.53 Å². The summed E-state index contributed by atoms with van der Waals surface area (Å²) >= 11 is 0. The van der Waals surface area contributed by atoms with E-state index in [1.54, 1.807) is 6.20 Å². The van der Waals surface area contributed by atoms with Crippen LogP contribution in [0.2, 0.25) is 0 Å². The van der Waals surface area contributed by atoms with Gasteiger partial charge in [-0.1, -0.05) is 66.7 Å². The molecular formula is C23H22N2O2. The van der Waals surface area contributed by atoms with Gasteiger partial charge in [0, 0.05) is 24.6 Å². The summed E-state index contributed by atoms with van der Waals surface area (Å²) in [5.74, 6) is 0.838. The molecule has 1 fully saturated rings. The molecule has 27 heavy (non-hydrogen) atoms. The second-order valence-corrected chi connectivity index (χ2v) is 6.78. The number of nitrogens with zero attached hydrogens (tertiary/aromatic N) is 2. The minimum atomic E-state index is 0.0238. The summed E-state index contributed by atoms with van der Waals surface area (Å²) in [4.78, 5) is 18.9. The highest BCUT2D eigenvalue weighted by Gasteiger charge is 2.33. The van der Waals surface area contributed by atoms with E-state index in [0.717, 1.165) is 0 Å². The van der Waals surface area contributed by atoms with Crippen LogP contribution in [-0.4, -0.2) is 35.0 Å². The van der Waals surface area contributed by atoms with Crippen LogP contribution in [0.25, 0.3) is 0 Å². The number of pyridine rings is 1. The zero-order valence-corrected chi connectivity index (χ0v) is 15.1. The molecule has 0 saturated carbocycles. The summed E-state index contributed by atoms with van der Waals surface area (Å²) in [7, 11) is 0. The van der Waals surface area contributed by atoms with Gasteiger partial charge in [-0.05, 0) is 17.2 Å². The van der Waals surface area contributed by atoms with E-state index in [4.69, 9.17) is 4.74 Å². The number of rotatable bonds is 6. The Kier molecular flexibility index (Phi) is 5.15. The van der Waals surface area contributed by atoms with E-state index in [0.29, 0.717) is 25.4 Å². The molecule has 1 amide bonds. The van der Waals surface area contributed by atoms with Gasteiger partial charge in [0.25, 0.3) is 0 Å². The van der Waals surface area contributed by atoms with Crippen molar-refractivity contribution in [3.8, 4) is 5.88 Å². The molecule has 1 aromatic heterocycles. The van der Waals surface area contributed by atoms with Gasteiger partial charge < -0.3 is 9.64 Å². The summed E-state index contributed by atoms with van der Waals surface area (Å²) < 4.78 is 5.80. The van der Waals surface area contributed by atoms with Crippen molar-refractivity contribution in [3.63, 3.8) is 0 Å². The maximum absolute atomic E-state index is 12.8. The van der Waals surface area contributed by atoms with Gasteiger partial charge in [-0.2, -0.15) is 0 Å². The van der Waals surface area contributed by atoms with Gasteiger partial charge in [-0.3, -0.25) is 4.79 Å². The van der Waals surface area contributed by atoms with Gasteiger partial charge in [0.2, 0.25) is 11.8 Å². The van der Waals surface area contributed by atoms with Crippen LogP contribution in [0.4, 0.5) is 0 Å². The third-order valence-corrected chi connectivity index (χ3v) is 4.91. The van der Waals surface area contributed by atoms with Crippen LogP contribution < -0.4 is 4.74 Å². The lowest BCUT2D eigenvalue weighted by molar-refractivity contribution is -0.140. The predicted molar refractivity (Wildman–Crippen MR) is 105 cm³/mol. The highest BCUT2D eigenvalue weighted by atomic mass is 16.5. The zero-order valence-electron chi connectivity index (χ0n) is 15.1. The molecule has 0 unspecified atom stereocenters. The van der Waals surface area contributed by atoms with Gasteiger partial charge in [-0.15, -0.1) is 0 Å². The lowest BCUT2D eigenvalue weighted by atomic mass is 9.88. The molecule has 3 aromatic rings. The van der Waals surface area contributed by atoms with Crippen molar-refractivity contribution in [3.05, 3.63) is 96.2 Å². The third-order valence-electron chi connectivity index (χ3n) is 4.91. The van der Waals surface area contributed by atoms with Gasteiger partial charge >= 0.3 is 0 Å². The molecule has 4 rings (SSSR count). The van der Waals surface area contributed by atoms with E-state index < -0.39 is 0 Å². The first-order chi connectivity index (χ1) is 13.3. The van der Waals surface area contributed by atoms with Crippen molar-refractivity contribution in [1.29, 1.82) is 0 Å². The van der Waals surface area contributed by atoms with Crippen LogP contribution in [0.3, 0.4) is 0 Å². The van der Waals surface area contributed by atoms with E-state index >= 15 is 0 Å². The highest BCUT2D eigenvalue weighted by molar-refractivity contribution is 5.78. The molecule has 4 nitrogen and oxygen atoms in total. The van der Waals surface area contributed by atoms with Crippen molar-refractivity contribution in [2.45, 2.75) is 18.4 Å². The SMILES string of the molecule is O=C(CC(c1ccccc1)c1ccccc1)N1CC(Oc2ccccn2)C1. The molecule has 0 atom stereocenters. The monoisotopic (exact) mass is 358 g/mol. The lowest BCUT2D eigenvalue weighted by Gasteiger charge is -2.39.